The lowest BCUT2D eigenvalue weighted by Crippen LogP contribution is -2.13. The summed E-state index contributed by atoms with van der Waals surface area (Å²) < 4.78 is 0. The number of thiazole rings is 1. The molecular formula is C19H17N3O2S. The molecule has 1 heterocycles. The summed E-state index contributed by atoms with van der Waals surface area (Å²) in [4.78, 5) is 28.9. The minimum absolute atomic E-state index is 0.137. The van der Waals surface area contributed by atoms with Gasteiger partial charge in [0.2, 0.25) is 5.91 Å². The van der Waals surface area contributed by atoms with E-state index in [-0.39, 0.29) is 11.8 Å². The fourth-order valence-corrected chi connectivity index (χ4v) is 3.32. The maximum Gasteiger partial charge on any atom is 0.275 e. The Labute approximate surface area is 149 Å². The van der Waals surface area contributed by atoms with Gasteiger partial charge in [0, 0.05) is 18.3 Å². The monoisotopic (exact) mass is 351 g/mol. The van der Waals surface area contributed by atoms with Crippen LogP contribution < -0.4 is 10.6 Å². The minimum Gasteiger partial charge on any atom is -0.326 e. The Morgan fingerprint density at radius 2 is 1.52 bits per heavy atom. The van der Waals surface area contributed by atoms with Gasteiger partial charge in [0.25, 0.3) is 5.91 Å². The number of hydrogen-bond acceptors (Lipinski definition) is 4. The van der Waals surface area contributed by atoms with Crippen LogP contribution in [0.1, 0.15) is 22.4 Å². The topological polar surface area (TPSA) is 71.1 Å². The Morgan fingerprint density at radius 1 is 0.920 bits per heavy atom. The molecule has 0 fully saturated rings. The van der Waals surface area contributed by atoms with Crippen molar-refractivity contribution in [3.63, 3.8) is 0 Å². The van der Waals surface area contributed by atoms with Crippen molar-refractivity contribution < 1.29 is 9.59 Å². The van der Waals surface area contributed by atoms with Crippen LogP contribution in [-0.2, 0) is 4.79 Å². The summed E-state index contributed by atoms with van der Waals surface area (Å²) >= 11 is 1.50. The van der Waals surface area contributed by atoms with Gasteiger partial charge in [0.15, 0.2) is 0 Å². The smallest absolute Gasteiger partial charge is 0.275 e. The molecule has 0 aliphatic carbocycles. The molecule has 0 unspecified atom stereocenters. The number of aromatic nitrogens is 1. The van der Waals surface area contributed by atoms with E-state index in [1.165, 1.54) is 18.3 Å². The van der Waals surface area contributed by atoms with E-state index in [0.29, 0.717) is 17.1 Å². The molecular weight excluding hydrogens is 334 g/mol. The second-order valence-corrected chi connectivity index (χ2v) is 6.69. The van der Waals surface area contributed by atoms with Crippen molar-refractivity contribution in [1.82, 2.24) is 4.98 Å². The molecule has 0 bridgehead atoms. The van der Waals surface area contributed by atoms with Crippen molar-refractivity contribution in [2.24, 2.45) is 0 Å². The molecule has 2 N–H and O–H groups in total. The molecule has 1 aromatic heterocycles. The average Bonchev–Trinajstić information content (AvgIpc) is 2.99. The normalized spacial score (nSPS) is 10.3. The van der Waals surface area contributed by atoms with E-state index < -0.39 is 0 Å². The Morgan fingerprint density at radius 3 is 2.12 bits per heavy atom. The Hall–Kier alpha value is -2.99. The number of aryl methyl sites for hydroxylation is 1. The first-order valence-corrected chi connectivity index (χ1v) is 8.56. The van der Waals surface area contributed by atoms with Crippen LogP contribution in [0, 0.1) is 6.92 Å². The second kappa shape index (κ2) is 7.27. The maximum absolute atomic E-state index is 12.6. The fraction of sp³-hybridized carbons (Fsp3) is 0.105. The zero-order valence-corrected chi connectivity index (χ0v) is 14.7. The molecule has 2 aromatic carbocycles. The average molecular weight is 351 g/mol. The quantitative estimate of drug-likeness (QED) is 0.735. The summed E-state index contributed by atoms with van der Waals surface area (Å²) in [5.41, 5.74) is 2.71. The molecule has 0 saturated heterocycles. The molecule has 0 atom stereocenters. The highest BCUT2D eigenvalue weighted by Gasteiger charge is 2.18. The third kappa shape index (κ3) is 4.10. The van der Waals surface area contributed by atoms with Crippen LogP contribution in [0.3, 0.4) is 0 Å². The number of hydrogen-bond donors (Lipinski definition) is 2. The molecule has 25 heavy (non-hydrogen) atoms. The van der Waals surface area contributed by atoms with E-state index in [9.17, 15) is 9.59 Å². The van der Waals surface area contributed by atoms with Crippen LogP contribution >= 0.6 is 11.3 Å². The Kier molecular flexibility index (Phi) is 4.90. The van der Waals surface area contributed by atoms with E-state index in [4.69, 9.17) is 0 Å². The molecule has 3 rings (SSSR count). The van der Waals surface area contributed by atoms with Crippen molar-refractivity contribution in [2.45, 2.75) is 13.8 Å². The van der Waals surface area contributed by atoms with Crippen molar-refractivity contribution in [1.29, 1.82) is 0 Å². The van der Waals surface area contributed by atoms with E-state index in [1.54, 1.807) is 24.3 Å². The molecule has 0 spiro atoms. The number of rotatable bonds is 4. The highest BCUT2D eigenvalue weighted by Crippen LogP contribution is 2.30. The van der Waals surface area contributed by atoms with Crippen LogP contribution in [0.4, 0.5) is 11.4 Å². The first kappa shape index (κ1) is 16.9. The van der Waals surface area contributed by atoms with E-state index in [0.717, 1.165) is 15.4 Å². The van der Waals surface area contributed by atoms with Gasteiger partial charge in [-0.15, -0.1) is 11.3 Å². The van der Waals surface area contributed by atoms with Crippen LogP contribution in [0.25, 0.3) is 10.4 Å². The summed E-state index contributed by atoms with van der Waals surface area (Å²) in [7, 11) is 0. The van der Waals surface area contributed by atoms with Gasteiger partial charge in [0.1, 0.15) is 5.69 Å². The Bertz CT molecular complexity index is 902. The number of carbonyl (C=O) groups is 2. The SMILES string of the molecule is CC(=O)Nc1ccc(NC(=O)c2nc(C)sc2-c2ccccc2)cc1. The van der Waals surface area contributed by atoms with Crippen molar-refractivity contribution in [2.75, 3.05) is 10.6 Å². The number of carbonyl (C=O) groups excluding carboxylic acids is 2. The van der Waals surface area contributed by atoms with Crippen LogP contribution in [0.15, 0.2) is 54.6 Å². The van der Waals surface area contributed by atoms with Gasteiger partial charge >= 0.3 is 0 Å². The van der Waals surface area contributed by atoms with Crippen LogP contribution in [0.2, 0.25) is 0 Å². The first-order chi connectivity index (χ1) is 12.0. The summed E-state index contributed by atoms with van der Waals surface area (Å²) in [6, 6.07) is 16.7. The van der Waals surface area contributed by atoms with Gasteiger partial charge in [-0.3, -0.25) is 9.59 Å². The minimum atomic E-state index is -0.254. The van der Waals surface area contributed by atoms with E-state index >= 15 is 0 Å². The lowest BCUT2D eigenvalue weighted by molar-refractivity contribution is -0.114. The molecule has 0 aliphatic heterocycles. The molecule has 5 nitrogen and oxygen atoms in total. The summed E-state index contributed by atoms with van der Waals surface area (Å²) in [5.74, 6) is -0.391. The van der Waals surface area contributed by atoms with Gasteiger partial charge in [-0.2, -0.15) is 0 Å². The zero-order chi connectivity index (χ0) is 17.8. The van der Waals surface area contributed by atoms with Gasteiger partial charge < -0.3 is 10.6 Å². The van der Waals surface area contributed by atoms with Gasteiger partial charge in [-0.25, -0.2) is 4.98 Å². The lowest BCUT2D eigenvalue weighted by Gasteiger charge is -2.07. The molecule has 0 saturated carbocycles. The van der Waals surface area contributed by atoms with E-state index in [2.05, 4.69) is 15.6 Å². The predicted octanol–water partition coefficient (Wildman–Crippen LogP) is 4.33. The fourth-order valence-electron chi connectivity index (χ4n) is 2.40. The van der Waals surface area contributed by atoms with Gasteiger partial charge in [-0.05, 0) is 36.8 Å². The highest BCUT2D eigenvalue weighted by atomic mass is 32.1. The zero-order valence-electron chi connectivity index (χ0n) is 13.9. The third-order valence-corrected chi connectivity index (χ3v) is 4.47. The Balaban J connectivity index is 1.81. The molecule has 0 aliphatic rings. The largest absolute Gasteiger partial charge is 0.326 e. The number of nitrogens with zero attached hydrogens (tertiary/aromatic N) is 1. The lowest BCUT2D eigenvalue weighted by atomic mass is 10.1. The maximum atomic E-state index is 12.6. The second-order valence-electron chi connectivity index (χ2n) is 5.49. The number of nitrogens with one attached hydrogen (secondary N) is 2. The van der Waals surface area contributed by atoms with Crippen LogP contribution in [0.5, 0.6) is 0 Å². The van der Waals surface area contributed by atoms with Crippen molar-refractivity contribution in [3.8, 4) is 10.4 Å². The van der Waals surface area contributed by atoms with Crippen molar-refractivity contribution in [3.05, 3.63) is 65.3 Å². The number of benzene rings is 2. The summed E-state index contributed by atoms with van der Waals surface area (Å²) in [6.45, 7) is 3.33. The summed E-state index contributed by atoms with van der Waals surface area (Å²) in [5, 5.41) is 6.38. The molecule has 0 radical (unpaired) electrons. The van der Waals surface area contributed by atoms with Gasteiger partial charge in [-0.1, -0.05) is 30.3 Å². The van der Waals surface area contributed by atoms with Crippen molar-refractivity contribution >= 4 is 34.5 Å². The third-order valence-electron chi connectivity index (χ3n) is 3.45. The van der Waals surface area contributed by atoms with Gasteiger partial charge in [0.05, 0.1) is 9.88 Å². The summed E-state index contributed by atoms with van der Waals surface area (Å²) in [6.07, 6.45) is 0. The highest BCUT2D eigenvalue weighted by molar-refractivity contribution is 7.15. The van der Waals surface area contributed by atoms with Crippen LogP contribution in [-0.4, -0.2) is 16.8 Å². The first-order valence-electron chi connectivity index (χ1n) is 7.75. The standard InChI is InChI=1S/C19H17N3O2S/c1-12(23)20-15-8-10-16(11-9-15)22-19(24)17-18(25-13(2)21-17)14-6-4-3-5-7-14/h3-11H,1-2H3,(H,20,23)(H,22,24). The molecule has 6 heteroatoms. The molecule has 3 aromatic rings. The molecule has 2 amide bonds. The molecule has 126 valence electrons. The van der Waals surface area contributed by atoms with E-state index in [1.807, 2.05) is 37.3 Å². The predicted molar refractivity (Wildman–Crippen MR) is 101 cm³/mol. The number of amides is 2. The number of anilines is 2.